The summed E-state index contributed by atoms with van der Waals surface area (Å²) in [6, 6.07) is 4.43. The number of fused-ring (bicyclic) bond motifs is 7. The summed E-state index contributed by atoms with van der Waals surface area (Å²) in [5.74, 6) is -0.575. The minimum Gasteiger partial charge on any atom is -0.504 e. The first kappa shape index (κ1) is 32.2. The second-order valence-corrected chi connectivity index (χ2v) is 17.6. The van der Waals surface area contributed by atoms with E-state index in [0.717, 1.165) is 51.4 Å². The first-order valence-corrected chi connectivity index (χ1v) is 17.2. The zero-order chi connectivity index (χ0) is 32.8. The molecule has 6 rings (SSSR count). The molecule has 5 aliphatic rings. The average Bonchev–Trinajstić information content (AvgIpc) is 2.95. The second-order valence-electron chi connectivity index (χ2n) is 17.6. The van der Waals surface area contributed by atoms with Crippen LogP contribution >= 0.6 is 0 Å². The van der Waals surface area contributed by atoms with E-state index < -0.39 is 17.4 Å². The topological polar surface area (TPSA) is 104 Å². The van der Waals surface area contributed by atoms with E-state index in [1.165, 1.54) is 36.6 Å². The smallest absolute Gasteiger partial charge is 0.331 e. The van der Waals surface area contributed by atoms with Crippen LogP contribution in [-0.2, 0) is 14.3 Å². The molecule has 0 aromatic heterocycles. The van der Waals surface area contributed by atoms with Gasteiger partial charge in [-0.3, -0.25) is 4.79 Å². The zero-order valence-electron chi connectivity index (χ0n) is 28.4. The molecule has 0 spiro atoms. The lowest BCUT2D eigenvalue weighted by Gasteiger charge is -2.70. The number of ether oxygens (including phenoxy) is 1. The molecular weight excluding hydrogens is 564 g/mol. The Kier molecular flexibility index (Phi) is 7.42. The monoisotopic (exact) mass is 618 g/mol. The Morgan fingerprint density at radius 2 is 1.58 bits per heavy atom. The molecule has 0 bridgehead atoms. The van der Waals surface area contributed by atoms with Gasteiger partial charge in [0.25, 0.3) is 0 Å². The number of carboxylic acids is 1. The van der Waals surface area contributed by atoms with E-state index in [4.69, 9.17) is 4.74 Å². The van der Waals surface area contributed by atoms with Crippen molar-refractivity contribution >= 4 is 18.0 Å². The number of carbonyl (C=O) groups is 2. The van der Waals surface area contributed by atoms with Gasteiger partial charge in [-0.15, -0.1) is 0 Å². The normalized spacial score (nSPS) is 41.5. The molecule has 6 nitrogen and oxygen atoms in total. The van der Waals surface area contributed by atoms with Crippen LogP contribution in [0, 0.1) is 50.2 Å². The number of carboxylic acid groups (broad SMARTS) is 1. The van der Waals surface area contributed by atoms with Crippen molar-refractivity contribution in [3.05, 3.63) is 41.5 Å². The molecule has 246 valence electrons. The molecule has 6 heteroatoms. The van der Waals surface area contributed by atoms with Crippen molar-refractivity contribution in [1.29, 1.82) is 0 Å². The Morgan fingerprint density at radius 3 is 2.27 bits per heavy atom. The third-order valence-corrected chi connectivity index (χ3v) is 14.5. The number of hydrogen-bond donors (Lipinski definition) is 3. The van der Waals surface area contributed by atoms with Crippen LogP contribution in [0.1, 0.15) is 118 Å². The van der Waals surface area contributed by atoms with Gasteiger partial charge in [-0.2, -0.15) is 0 Å². The lowest BCUT2D eigenvalue weighted by molar-refractivity contribution is -0.218. The predicted molar refractivity (Wildman–Crippen MR) is 175 cm³/mol. The van der Waals surface area contributed by atoms with E-state index in [9.17, 15) is 24.9 Å². The summed E-state index contributed by atoms with van der Waals surface area (Å²) in [6.07, 6.45) is 14.8. The molecular formula is C39H54O6. The Balaban J connectivity index is 1.28. The number of allylic oxidation sites excluding steroid dienone is 1. The van der Waals surface area contributed by atoms with E-state index in [0.29, 0.717) is 17.4 Å². The van der Waals surface area contributed by atoms with Crippen molar-refractivity contribution in [3.8, 4) is 11.5 Å². The first-order chi connectivity index (χ1) is 20.9. The highest BCUT2D eigenvalue weighted by Gasteiger charge is 2.71. The highest BCUT2D eigenvalue weighted by Crippen LogP contribution is 2.76. The number of phenols is 2. The summed E-state index contributed by atoms with van der Waals surface area (Å²) < 4.78 is 6.13. The molecule has 4 saturated carbocycles. The second kappa shape index (κ2) is 10.4. The molecule has 45 heavy (non-hydrogen) atoms. The molecule has 1 aromatic carbocycles. The Hall–Kier alpha value is -2.76. The van der Waals surface area contributed by atoms with Crippen LogP contribution in [0.25, 0.3) is 6.08 Å². The molecule has 0 aliphatic heterocycles. The number of aromatic hydroxyl groups is 2. The van der Waals surface area contributed by atoms with Crippen LogP contribution in [0.3, 0.4) is 0 Å². The van der Waals surface area contributed by atoms with Gasteiger partial charge < -0.3 is 20.1 Å². The molecule has 0 unspecified atom stereocenters. The van der Waals surface area contributed by atoms with Crippen molar-refractivity contribution in [3.63, 3.8) is 0 Å². The largest absolute Gasteiger partial charge is 0.504 e. The number of carbonyl (C=O) groups excluding carboxylic acids is 1. The summed E-state index contributed by atoms with van der Waals surface area (Å²) in [6.45, 7) is 16.4. The van der Waals surface area contributed by atoms with Crippen LogP contribution in [0.5, 0.6) is 11.5 Å². The van der Waals surface area contributed by atoms with Crippen LogP contribution in [-0.4, -0.2) is 33.4 Å². The van der Waals surface area contributed by atoms with Gasteiger partial charge in [-0.25, -0.2) is 4.79 Å². The number of esters is 1. The predicted octanol–water partition coefficient (Wildman–Crippen LogP) is 8.91. The van der Waals surface area contributed by atoms with Gasteiger partial charge in [-0.1, -0.05) is 66.2 Å². The lowest BCUT2D eigenvalue weighted by atomic mass is 9.33. The minimum atomic E-state index is -0.817. The number of rotatable bonds is 4. The maximum absolute atomic E-state index is 13.7. The quantitative estimate of drug-likeness (QED) is 0.135. The van der Waals surface area contributed by atoms with Gasteiger partial charge >= 0.3 is 11.9 Å². The molecule has 8 atom stereocenters. The third kappa shape index (κ3) is 4.70. The van der Waals surface area contributed by atoms with Crippen molar-refractivity contribution < 1.29 is 29.6 Å². The SMILES string of the molecule is CC1(C)CC[C@]2(C)CC[C@]3(C(=O)O)C(=CC[C@@H]4[C@@]5(C)CC[C@@H](OC(=O)C=Cc6ccc(O)c(O)c6)C(C)(C)[C@@H]5CC[C@]43C)[C@@H]2C1. The highest BCUT2D eigenvalue weighted by atomic mass is 16.5. The summed E-state index contributed by atoms with van der Waals surface area (Å²) in [4.78, 5) is 26.8. The third-order valence-electron chi connectivity index (χ3n) is 14.5. The van der Waals surface area contributed by atoms with Gasteiger partial charge in [0.2, 0.25) is 0 Å². The van der Waals surface area contributed by atoms with E-state index in [1.54, 1.807) is 12.1 Å². The van der Waals surface area contributed by atoms with Gasteiger partial charge in [0, 0.05) is 11.5 Å². The average molecular weight is 619 g/mol. The van der Waals surface area contributed by atoms with Crippen molar-refractivity contribution in [1.82, 2.24) is 0 Å². The number of hydrogen-bond acceptors (Lipinski definition) is 5. The fraction of sp³-hybridized carbons (Fsp3) is 0.692. The summed E-state index contributed by atoms with van der Waals surface area (Å²) in [5, 5.41) is 30.6. The van der Waals surface area contributed by atoms with E-state index in [-0.39, 0.29) is 50.6 Å². The van der Waals surface area contributed by atoms with E-state index >= 15 is 0 Å². The lowest BCUT2D eigenvalue weighted by Crippen LogP contribution is -2.67. The fourth-order valence-electron chi connectivity index (χ4n) is 11.8. The van der Waals surface area contributed by atoms with Gasteiger partial charge in [0.05, 0.1) is 5.41 Å². The van der Waals surface area contributed by atoms with Crippen molar-refractivity contribution in [2.45, 2.75) is 119 Å². The summed E-state index contributed by atoms with van der Waals surface area (Å²) >= 11 is 0. The van der Waals surface area contributed by atoms with Crippen molar-refractivity contribution in [2.24, 2.45) is 50.2 Å². The van der Waals surface area contributed by atoms with Crippen LogP contribution in [0.15, 0.2) is 35.9 Å². The highest BCUT2D eigenvalue weighted by molar-refractivity contribution is 5.87. The standard InChI is InChI=1S/C39H54O6/c1-34(2)18-19-36(5)20-21-39(33(43)44)25(26(36)23-34)10-12-30-37(6)16-15-31(35(3,4)29(37)14-17-38(30,39)7)45-32(42)13-9-24-8-11-27(40)28(41)22-24/h8-11,13,22,26,29-31,40-41H,12,14-21,23H2,1-7H3,(H,43,44)/t26-,29-,30+,31+,36+,37-,38+,39+/m0/s1. The Labute approximate surface area is 269 Å². The Bertz CT molecular complexity index is 1450. The Morgan fingerprint density at radius 1 is 0.867 bits per heavy atom. The van der Waals surface area contributed by atoms with Crippen LogP contribution in [0.4, 0.5) is 0 Å². The molecule has 1 aromatic rings. The molecule has 3 N–H and O–H groups in total. The first-order valence-electron chi connectivity index (χ1n) is 17.2. The maximum atomic E-state index is 13.7. The molecule has 5 aliphatic carbocycles. The molecule has 0 heterocycles. The molecule has 4 fully saturated rings. The fourth-order valence-corrected chi connectivity index (χ4v) is 11.8. The molecule has 0 amide bonds. The van der Waals surface area contributed by atoms with Gasteiger partial charge in [-0.05, 0) is 127 Å². The molecule has 0 radical (unpaired) electrons. The molecule has 0 saturated heterocycles. The number of phenolic OH excluding ortho intramolecular Hbond substituents is 2. The van der Waals surface area contributed by atoms with Crippen LogP contribution < -0.4 is 0 Å². The van der Waals surface area contributed by atoms with Gasteiger partial charge in [0.1, 0.15) is 6.10 Å². The summed E-state index contributed by atoms with van der Waals surface area (Å²) in [5.41, 5.74) is 0.802. The van der Waals surface area contributed by atoms with Crippen molar-refractivity contribution in [2.75, 3.05) is 0 Å². The minimum absolute atomic E-state index is 0.0596. The van der Waals surface area contributed by atoms with E-state index in [2.05, 4.69) is 54.5 Å². The van der Waals surface area contributed by atoms with E-state index in [1.807, 2.05) is 0 Å². The van der Waals surface area contributed by atoms with Crippen LogP contribution in [0.2, 0.25) is 0 Å². The number of aliphatic carboxylic acids is 1. The zero-order valence-corrected chi connectivity index (χ0v) is 28.4. The maximum Gasteiger partial charge on any atom is 0.331 e. The number of benzene rings is 1. The summed E-state index contributed by atoms with van der Waals surface area (Å²) in [7, 11) is 0. The van der Waals surface area contributed by atoms with Gasteiger partial charge in [0.15, 0.2) is 11.5 Å².